The van der Waals surface area contributed by atoms with E-state index in [-0.39, 0.29) is 25.7 Å². The van der Waals surface area contributed by atoms with Crippen LogP contribution in [0.3, 0.4) is 0 Å². The summed E-state index contributed by atoms with van der Waals surface area (Å²) in [4.78, 5) is 36.0. The molecular formula is C19H33N2O8P. The van der Waals surface area contributed by atoms with Crippen molar-refractivity contribution in [3.05, 3.63) is 33.1 Å². The van der Waals surface area contributed by atoms with Gasteiger partial charge in [0.1, 0.15) is 6.10 Å². The molecule has 0 aromatic carbocycles. The molecule has 1 aliphatic rings. The van der Waals surface area contributed by atoms with Gasteiger partial charge in [-0.15, -0.1) is 0 Å². The topological polar surface area (TPSA) is 162 Å². The van der Waals surface area contributed by atoms with Gasteiger partial charge in [-0.25, -0.2) is 4.79 Å². The van der Waals surface area contributed by atoms with Crippen LogP contribution < -0.4 is 11.2 Å². The molecule has 1 fully saturated rings. The van der Waals surface area contributed by atoms with E-state index in [2.05, 4.69) is 4.98 Å². The molecule has 172 valence electrons. The highest BCUT2D eigenvalue weighted by Gasteiger charge is 2.51. The first kappa shape index (κ1) is 25.0. The Morgan fingerprint density at radius 3 is 2.30 bits per heavy atom. The van der Waals surface area contributed by atoms with Gasteiger partial charge >= 0.3 is 13.3 Å². The third kappa shape index (κ3) is 4.79. The molecule has 2 rings (SSSR count). The summed E-state index contributed by atoms with van der Waals surface area (Å²) < 4.78 is 19.6. The van der Waals surface area contributed by atoms with Gasteiger partial charge in [0, 0.05) is 12.3 Å². The van der Waals surface area contributed by atoms with E-state index in [0.29, 0.717) is 6.42 Å². The molecule has 1 aromatic heterocycles. The van der Waals surface area contributed by atoms with Gasteiger partial charge in [-0.2, -0.15) is 0 Å². The molecule has 30 heavy (non-hydrogen) atoms. The van der Waals surface area contributed by atoms with Crippen LogP contribution in [-0.2, 0) is 9.09 Å². The number of nitrogens with zero attached hydrogens (tertiary/aromatic N) is 1. The minimum atomic E-state index is -4.41. The van der Waals surface area contributed by atoms with E-state index in [1.54, 1.807) is 27.7 Å². The number of hydrogen-bond donors (Lipinski definition) is 5. The van der Waals surface area contributed by atoms with E-state index in [9.17, 15) is 34.4 Å². The lowest BCUT2D eigenvalue weighted by atomic mass is 9.87. The van der Waals surface area contributed by atoms with Gasteiger partial charge in [0.25, 0.3) is 5.56 Å². The maximum atomic E-state index is 12.8. The zero-order chi connectivity index (χ0) is 22.9. The number of nitrogens with one attached hydrogen (secondary N) is 1. The van der Waals surface area contributed by atoms with E-state index in [1.807, 2.05) is 0 Å². The molecule has 1 aliphatic carbocycles. The minimum Gasteiger partial charge on any atom is -0.390 e. The lowest BCUT2D eigenvalue weighted by Gasteiger charge is -2.38. The molecule has 0 radical (unpaired) electrons. The van der Waals surface area contributed by atoms with E-state index in [1.165, 1.54) is 10.8 Å². The number of aromatic nitrogens is 2. The predicted octanol–water partition coefficient (Wildman–Crippen LogP) is 1.09. The molecule has 5 N–H and O–H groups in total. The molecule has 10 nitrogen and oxygen atoms in total. The molecule has 6 atom stereocenters. The van der Waals surface area contributed by atoms with Crippen LogP contribution in [0.1, 0.15) is 65.8 Å². The average molecular weight is 448 g/mol. The Kier molecular flexibility index (Phi) is 7.54. The van der Waals surface area contributed by atoms with Crippen LogP contribution in [0.15, 0.2) is 21.9 Å². The smallest absolute Gasteiger partial charge is 0.359 e. The van der Waals surface area contributed by atoms with E-state index >= 15 is 0 Å². The number of aliphatic hydroxyl groups excluding tert-OH is 2. The van der Waals surface area contributed by atoms with Gasteiger partial charge in [0.05, 0.1) is 17.7 Å². The van der Waals surface area contributed by atoms with Crippen molar-refractivity contribution in [3.8, 4) is 0 Å². The Balaban J connectivity index is 2.25. The van der Waals surface area contributed by atoms with Gasteiger partial charge in [0.15, 0.2) is 5.34 Å². The van der Waals surface area contributed by atoms with Crippen molar-refractivity contribution >= 4 is 7.60 Å². The molecule has 0 spiro atoms. The third-order valence-electron chi connectivity index (χ3n) is 6.42. The molecule has 1 saturated carbocycles. The van der Waals surface area contributed by atoms with Gasteiger partial charge in [-0.05, 0) is 44.9 Å². The van der Waals surface area contributed by atoms with Crippen molar-refractivity contribution in [1.29, 1.82) is 0 Å². The quantitative estimate of drug-likeness (QED) is 0.351. The highest BCUT2D eigenvalue weighted by atomic mass is 31.2. The summed E-state index contributed by atoms with van der Waals surface area (Å²) in [6, 6.07) is 0.394. The van der Waals surface area contributed by atoms with Crippen LogP contribution in [-0.4, -0.2) is 52.9 Å². The Hall–Kier alpha value is -1.29. The summed E-state index contributed by atoms with van der Waals surface area (Å²) in [5.41, 5.74) is -2.41. The van der Waals surface area contributed by atoms with E-state index in [4.69, 9.17) is 4.52 Å². The Morgan fingerprint density at radius 2 is 1.80 bits per heavy atom. The van der Waals surface area contributed by atoms with Crippen LogP contribution in [0.2, 0.25) is 0 Å². The first-order valence-corrected chi connectivity index (χ1v) is 11.8. The minimum absolute atomic E-state index is 0.0407. The number of H-pyrrole nitrogens is 1. The van der Waals surface area contributed by atoms with Crippen molar-refractivity contribution in [2.45, 2.75) is 89.0 Å². The van der Waals surface area contributed by atoms with Crippen LogP contribution in [0.5, 0.6) is 0 Å². The average Bonchev–Trinajstić information content (AvgIpc) is 2.94. The summed E-state index contributed by atoms with van der Waals surface area (Å²) in [6.07, 6.45) is -0.452. The zero-order valence-electron chi connectivity index (χ0n) is 17.8. The van der Waals surface area contributed by atoms with Crippen LogP contribution >= 0.6 is 7.60 Å². The van der Waals surface area contributed by atoms with Gasteiger partial charge in [0.2, 0.25) is 0 Å². The second-order valence-electron chi connectivity index (χ2n) is 8.37. The van der Waals surface area contributed by atoms with Gasteiger partial charge in [-0.1, -0.05) is 20.8 Å². The fourth-order valence-electron chi connectivity index (χ4n) is 4.10. The standard InChI is InChI=1S/C19H33N2O8P/c1-5-18(4,29-30(27,28)19(26,6-2)7-3)11-12-10-13(16(24)15(12)23)21-9-8-14(22)20-17(21)25/h8-9,12-13,15-16,23-24,26H,5-7,10-11H2,1-4H3,(H,27,28)(H,20,22,25)/t12?,13-,15-,16+,18?/m1/s1. The van der Waals surface area contributed by atoms with Crippen molar-refractivity contribution in [2.24, 2.45) is 5.92 Å². The lowest BCUT2D eigenvalue weighted by Crippen LogP contribution is -2.38. The second-order valence-corrected chi connectivity index (χ2v) is 10.4. The monoisotopic (exact) mass is 448 g/mol. The number of rotatable bonds is 9. The van der Waals surface area contributed by atoms with Crippen LogP contribution in [0, 0.1) is 5.92 Å². The molecule has 0 amide bonds. The van der Waals surface area contributed by atoms with E-state index in [0.717, 1.165) is 6.07 Å². The molecule has 0 aliphatic heterocycles. The molecule has 1 aromatic rings. The zero-order valence-corrected chi connectivity index (χ0v) is 18.7. The normalized spacial score (nSPS) is 28.8. The first-order valence-electron chi connectivity index (χ1n) is 10.3. The van der Waals surface area contributed by atoms with Crippen molar-refractivity contribution in [3.63, 3.8) is 0 Å². The van der Waals surface area contributed by atoms with Crippen molar-refractivity contribution in [1.82, 2.24) is 9.55 Å². The van der Waals surface area contributed by atoms with Crippen molar-refractivity contribution in [2.75, 3.05) is 0 Å². The summed E-state index contributed by atoms with van der Waals surface area (Å²) in [6.45, 7) is 6.59. The highest BCUT2D eigenvalue weighted by molar-refractivity contribution is 7.54. The maximum Gasteiger partial charge on any atom is 0.359 e. The maximum absolute atomic E-state index is 12.8. The fourth-order valence-corrected chi connectivity index (χ4v) is 5.87. The fraction of sp³-hybridized carbons (Fsp3) is 0.789. The first-order chi connectivity index (χ1) is 13.8. The lowest BCUT2D eigenvalue weighted by molar-refractivity contribution is -0.0284. The van der Waals surface area contributed by atoms with Gasteiger partial charge < -0.3 is 24.7 Å². The molecular weight excluding hydrogens is 415 g/mol. The Bertz CT molecular complexity index is 895. The Morgan fingerprint density at radius 1 is 1.20 bits per heavy atom. The van der Waals surface area contributed by atoms with E-state index < -0.39 is 54.0 Å². The summed E-state index contributed by atoms with van der Waals surface area (Å²) >= 11 is 0. The van der Waals surface area contributed by atoms with Crippen LogP contribution in [0.4, 0.5) is 0 Å². The molecule has 1 heterocycles. The van der Waals surface area contributed by atoms with Crippen LogP contribution in [0.25, 0.3) is 0 Å². The molecule has 3 unspecified atom stereocenters. The molecule has 0 bridgehead atoms. The molecule has 0 saturated heterocycles. The molecule has 11 heteroatoms. The summed E-state index contributed by atoms with van der Waals surface area (Å²) in [5.74, 6) is -0.537. The largest absolute Gasteiger partial charge is 0.390 e. The third-order valence-corrected chi connectivity index (χ3v) is 8.80. The second kappa shape index (κ2) is 9.06. The number of aliphatic hydroxyl groups is 3. The number of hydrogen-bond acceptors (Lipinski definition) is 7. The Labute approximate surface area is 175 Å². The summed E-state index contributed by atoms with van der Waals surface area (Å²) in [5, 5.41) is 29.7. The number of aromatic amines is 1. The van der Waals surface area contributed by atoms with Crippen molar-refractivity contribution < 1.29 is 29.3 Å². The summed E-state index contributed by atoms with van der Waals surface area (Å²) in [7, 11) is -4.41. The highest BCUT2D eigenvalue weighted by Crippen LogP contribution is 2.60. The SMILES string of the molecule is CCC(C)(CC1C[C@@H](n2ccc(=O)[nH]c2=O)[C@H](O)[C@@H]1O)OP(=O)(O)C(O)(CC)CC. The van der Waals surface area contributed by atoms with Gasteiger partial charge in [-0.3, -0.25) is 18.9 Å². The predicted molar refractivity (Wildman–Crippen MR) is 110 cm³/mol.